The summed E-state index contributed by atoms with van der Waals surface area (Å²) in [6.07, 6.45) is -4.42. The van der Waals surface area contributed by atoms with E-state index >= 15 is 0 Å². The van der Waals surface area contributed by atoms with E-state index in [-0.39, 0.29) is 15.7 Å². The van der Waals surface area contributed by atoms with Crippen molar-refractivity contribution in [3.63, 3.8) is 0 Å². The zero-order valence-corrected chi connectivity index (χ0v) is 10.2. The molecule has 18 heavy (non-hydrogen) atoms. The maximum atomic E-state index is 11.8. The van der Waals surface area contributed by atoms with Crippen molar-refractivity contribution in [3.8, 4) is 0 Å². The van der Waals surface area contributed by atoms with Crippen molar-refractivity contribution in [2.75, 3.05) is 11.9 Å². The van der Waals surface area contributed by atoms with Crippen molar-refractivity contribution in [2.45, 2.75) is 6.18 Å². The molecule has 2 amide bonds. The first-order valence-electron chi connectivity index (χ1n) is 4.60. The lowest BCUT2D eigenvalue weighted by molar-refractivity contribution is -0.125. The van der Waals surface area contributed by atoms with Crippen LogP contribution in [0.25, 0.3) is 0 Å². The third kappa shape index (κ3) is 4.99. The molecule has 0 atom stereocenters. The quantitative estimate of drug-likeness (QED) is 0.751. The van der Waals surface area contributed by atoms with E-state index in [1.54, 1.807) is 16.9 Å². The molecule has 0 radical (unpaired) electrons. The largest absolute Gasteiger partial charge is 0.402 e. The molecule has 0 aliphatic carbocycles. The number of hydrazine groups is 1. The van der Waals surface area contributed by atoms with Gasteiger partial charge in [-0.25, -0.2) is 10.2 Å². The Morgan fingerprint density at radius 1 is 1.22 bits per heavy atom. The molecular weight excluding hydrogens is 294 g/mol. The van der Waals surface area contributed by atoms with Crippen LogP contribution in [0.5, 0.6) is 0 Å². The smallest absolute Gasteiger partial charge is 0.304 e. The molecule has 1 aromatic carbocycles. The van der Waals surface area contributed by atoms with E-state index in [0.717, 1.165) is 0 Å². The molecule has 0 unspecified atom stereocenters. The SMILES string of the molecule is O=C(NNCC(F)(F)F)Nc1c(Cl)cccc1Cl. The Morgan fingerprint density at radius 2 is 1.78 bits per heavy atom. The molecule has 0 saturated heterocycles. The monoisotopic (exact) mass is 301 g/mol. The van der Waals surface area contributed by atoms with E-state index in [1.165, 1.54) is 12.1 Å². The lowest BCUT2D eigenvalue weighted by atomic mass is 10.3. The second kappa shape index (κ2) is 6.12. The molecule has 1 aromatic rings. The summed E-state index contributed by atoms with van der Waals surface area (Å²) in [4.78, 5) is 11.2. The Hall–Kier alpha value is -1.18. The summed E-state index contributed by atoms with van der Waals surface area (Å²) in [7, 11) is 0. The van der Waals surface area contributed by atoms with Crippen molar-refractivity contribution in [1.29, 1.82) is 0 Å². The van der Waals surface area contributed by atoms with Gasteiger partial charge in [-0.05, 0) is 12.1 Å². The van der Waals surface area contributed by atoms with E-state index in [1.807, 2.05) is 0 Å². The summed E-state index contributed by atoms with van der Waals surface area (Å²) in [6.45, 7) is -1.35. The molecule has 0 bridgehead atoms. The summed E-state index contributed by atoms with van der Waals surface area (Å²) in [5.41, 5.74) is 3.63. The zero-order chi connectivity index (χ0) is 13.8. The van der Waals surface area contributed by atoms with Crippen LogP contribution in [-0.2, 0) is 0 Å². The highest BCUT2D eigenvalue weighted by Gasteiger charge is 2.26. The summed E-state index contributed by atoms with van der Waals surface area (Å²) < 4.78 is 35.4. The second-order valence-corrected chi connectivity index (χ2v) is 3.96. The Bertz CT molecular complexity index is 419. The third-order valence-corrected chi connectivity index (χ3v) is 2.32. The van der Waals surface area contributed by atoms with Gasteiger partial charge in [-0.2, -0.15) is 13.2 Å². The summed E-state index contributed by atoms with van der Waals surface area (Å²) in [6, 6.07) is 3.61. The minimum atomic E-state index is -4.42. The van der Waals surface area contributed by atoms with Crippen molar-refractivity contribution in [3.05, 3.63) is 28.2 Å². The number of hydrogen-bond acceptors (Lipinski definition) is 2. The van der Waals surface area contributed by atoms with Gasteiger partial charge < -0.3 is 5.32 Å². The molecule has 9 heteroatoms. The maximum Gasteiger partial charge on any atom is 0.402 e. The number of alkyl halides is 3. The highest BCUT2D eigenvalue weighted by molar-refractivity contribution is 6.39. The molecule has 0 heterocycles. The summed E-state index contributed by atoms with van der Waals surface area (Å²) in [5, 5.41) is 2.57. The van der Waals surface area contributed by atoms with Crippen LogP contribution >= 0.6 is 23.2 Å². The summed E-state index contributed by atoms with van der Waals surface area (Å²) >= 11 is 11.5. The van der Waals surface area contributed by atoms with Gasteiger partial charge in [0, 0.05) is 0 Å². The molecule has 3 N–H and O–H groups in total. The third-order valence-electron chi connectivity index (χ3n) is 1.69. The molecule has 100 valence electrons. The van der Waals surface area contributed by atoms with E-state index in [4.69, 9.17) is 23.2 Å². The molecule has 0 spiro atoms. The average molecular weight is 302 g/mol. The number of para-hydroxylation sites is 1. The predicted octanol–water partition coefficient (Wildman–Crippen LogP) is 3.18. The van der Waals surface area contributed by atoms with Gasteiger partial charge in [0.25, 0.3) is 0 Å². The molecule has 0 aromatic heterocycles. The number of amides is 2. The first-order chi connectivity index (χ1) is 8.29. The van der Waals surface area contributed by atoms with Gasteiger partial charge in [0.15, 0.2) is 0 Å². The number of benzene rings is 1. The number of urea groups is 1. The fourth-order valence-electron chi connectivity index (χ4n) is 0.987. The number of rotatable bonds is 3. The van der Waals surface area contributed by atoms with Crippen molar-refractivity contribution >= 4 is 34.9 Å². The maximum absolute atomic E-state index is 11.8. The van der Waals surface area contributed by atoms with E-state index in [0.29, 0.717) is 0 Å². The van der Waals surface area contributed by atoms with Gasteiger partial charge >= 0.3 is 12.2 Å². The van der Waals surface area contributed by atoms with Gasteiger partial charge in [0.1, 0.15) is 6.54 Å². The predicted molar refractivity (Wildman–Crippen MR) is 62.7 cm³/mol. The highest BCUT2D eigenvalue weighted by atomic mass is 35.5. The number of carbonyl (C=O) groups excluding carboxylic acids is 1. The van der Waals surface area contributed by atoms with Crippen LogP contribution in [0, 0.1) is 0 Å². The molecular formula is C9H8Cl2F3N3O. The lowest BCUT2D eigenvalue weighted by Crippen LogP contribution is -2.44. The normalized spacial score (nSPS) is 11.2. The number of hydrogen-bond donors (Lipinski definition) is 3. The molecule has 0 aliphatic heterocycles. The number of nitrogens with one attached hydrogen (secondary N) is 3. The van der Waals surface area contributed by atoms with Crippen molar-refractivity contribution in [1.82, 2.24) is 10.9 Å². The van der Waals surface area contributed by atoms with Crippen LogP contribution in [0.15, 0.2) is 18.2 Å². The minimum absolute atomic E-state index is 0.118. The Morgan fingerprint density at radius 3 is 2.28 bits per heavy atom. The van der Waals surface area contributed by atoms with Crippen molar-refractivity contribution in [2.24, 2.45) is 0 Å². The van der Waals surface area contributed by atoms with Gasteiger partial charge in [-0.3, -0.25) is 5.43 Å². The Balaban J connectivity index is 2.50. The molecule has 0 saturated carbocycles. The molecule has 0 aliphatic rings. The van der Waals surface area contributed by atoms with Crippen molar-refractivity contribution < 1.29 is 18.0 Å². The Kier molecular flexibility index (Phi) is 5.06. The number of carbonyl (C=O) groups is 1. The molecule has 4 nitrogen and oxygen atoms in total. The first-order valence-corrected chi connectivity index (χ1v) is 5.36. The fraction of sp³-hybridized carbons (Fsp3) is 0.222. The van der Waals surface area contributed by atoms with Gasteiger partial charge in [-0.15, -0.1) is 0 Å². The van der Waals surface area contributed by atoms with Crippen LogP contribution in [0.3, 0.4) is 0 Å². The van der Waals surface area contributed by atoms with E-state index in [2.05, 4.69) is 5.32 Å². The van der Waals surface area contributed by atoms with Crippen LogP contribution < -0.4 is 16.2 Å². The van der Waals surface area contributed by atoms with Gasteiger partial charge in [0.2, 0.25) is 0 Å². The minimum Gasteiger partial charge on any atom is -0.304 e. The van der Waals surface area contributed by atoms with Gasteiger partial charge in [-0.1, -0.05) is 29.3 Å². The van der Waals surface area contributed by atoms with Crippen LogP contribution in [0.1, 0.15) is 0 Å². The Labute approximate surface area is 110 Å². The van der Waals surface area contributed by atoms with Crippen LogP contribution in [0.4, 0.5) is 23.7 Å². The number of anilines is 1. The van der Waals surface area contributed by atoms with Gasteiger partial charge in [0.05, 0.1) is 15.7 Å². The standard InChI is InChI=1S/C9H8Cl2F3N3O/c10-5-2-1-3-6(11)7(5)16-8(18)17-15-4-9(12,13)14/h1-3,15H,4H2,(H2,16,17,18). The number of halogens is 5. The first kappa shape index (κ1) is 14.9. The van der Waals surface area contributed by atoms with Crippen LogP contribution in [-0.4, -0.2) is 18.8 Å². The lowest BCUT2D eigenvalue weighted by Gasteiger charge is -2.12. The highest BCUT2D eigenvalue weighted by Crippen LogP contribution is 2.29. The fourth-order valence-corrected chi connectivity index (χ4v) is 1.48. The van der Waals surface area contributed by atoms with E-state index in [9.17, 15) is 18.0 Å². The topological polar surface area (TPSA) is 53.2 Å². The average Bonchev–Trinajstić information content (AvgIpc) is 2.22. The molecule has 0 fully saturated rings. The molecule has 1 rings (SSSR count). The van der Waals surface area contributed by atoms with Crippen LogP contribution in [0.2, 0.25) is 10.0 Å². The second-order valence-electron chi connectivity index (χ2n) is 3.14. The zero-order valence-electron chi connectivity index (χ0n) is 8.74. The summed E-state index contributed by atoms with van der Waals surface area (Å²) in [5.74, 6) is 0. The van der Waals surface area contributed by atoms with E-state index < -0.39 is 18.8 Å².